The van der Waals surface area contributed by atoms with Crippen molar-refractivity contribution in [2.45, 2.75) is 13.0 Å². The molecule has 5 rings (SSSR count). The van der Waals surface area contributed by atoms with E-state index in [1.54, 1.807) is 28.8 Å². The summed E-state index contributed by atoms with van der Waals surface area (Å²) >= 11 is 6.18. The van der Waals surface area contributed by atoms with Gasteiger partial charge < -0.3 is 15.2 Å². The molecular formula is C22H19ClN8O2. The van der Waals surface area contributed by atoms with Crippen LogP contribution in [0.2, 0.25) is 5.02 Å². The highest BCUT2D eigenvalue weighted by Gasteiger charge is 2.33. The van der Waals surface area contributed by atoms with Crippen molar-refractivity contribution in [3.05, 3.63) is 41.2 Å². The van der Waals surface area contributed by atoms with Crippen LogP contribution in [0.3, 0.4) is 0 Å². The van der Waals surface area contributed by atoms with Crippen molar-refractivity contribution in [3.63, 3.8) is 0 Å². The lowest BCUT2D eigenvalue weighted by molar-refractivity contribution is -0.137. The molecule has 1 atom stereocenters. The summed E-state index contributed by atoms with van der Waals surface area (Å²) in [5.41, 5.74) is 3.08. The normalized spacial score (nSPS) is 14.8. The first-order valence-corrected chi connectivity index (χ1v) is 10.7. The number of nitrogens with zero attached hydrogens (tertiary/aromatic N) is 6. The predicted molar refractivity (Wildman–Crippen MR) is 121 cm³/mol. The Morgan fingerprint density at radius 2 is 2.15 bits per heavy atom. The lowest BCUT2D eigenvalue weighted by atomic mass is 10.0. The molecule has 1 unspecified atom stereocenters. The van der Waals surface area contributed by atoms with E-state index in [-0.39, 0.29) is 17.4 Å². The van der Waals surface area contributed by atoms with Gasteiger partial charge in [-0.3, -0.25) is 14.3 Å². The summed E-state index contributed by atoms with van der Waals surface area (Å²) in [5, 5.41) is 17.6. The van der Waals surface area contributed by atoms with E-state index in [1.807, 2.05) is 19.2 Å². The van der Waals surface area contributed by atoms with E-state index in [4.69, 9.17) is 16.9 Å². The minimum Gasteiger partial charge on any atom is -0.344 e. The van der Waals surface area contributed by atoms with Gasteiger partial charge >= 0.3 is 0 Å². The maximum absolute atomic E-state index is 12.9. The van der Waals surface area contributed by atoms with Crippen LogP contribution in [0.4, 0.5) is 0 Å². The molecule has 11 heteroatoms. The molecule has 1 saturated heterocycles. The fraction of sp³-hybridized carbons (Fsp3) is 0.273. The Bertz CT molecular complexity index is 1460. The van der Waals surface area contributed by atoms with Crippen molar-refractivity contribution in [2.24, 2.45) is 13.0 Å². The van der Waals surface area contributed by atoms with E-state index in [1.165, 1.54) is 6.20 Å². The minimum atomic E-state index is -0.736. The van der Waals surface area contributed by atoms with Crippen LogP contribution in [0, 0.1) is 17.2 Å². The number of benzene rings is 1. The predicted octanol–water partition coefficient (Wildman–Crippen LogP) is 2.27. The quantitative estimate of drug-likeness (QED) is 0.478. The van der Waals surface area contributed by atoms with Crippen molar-refractivity contribution in [2.75, 3.05) is 13.1 Å². The molecule has 4 heterocycles. The smallest absolute Gasteiger partial charge is 0.255 e. The second kappa shape index (κ2) is 7.86. The lowest BCUT2D eigenvalue weighted by Gasteiger charge is -2.37. The van der Waals surface area contributed by atoms with Crippen LogP contribution in [0.1, 0.15) is 17.3 Å². The van der Waals surface area contributed by atoms with Gasteiger partial charge in [0.15, 0.2) is 5.65 Å². The number of hydrogen-bond donors (Lipinski definition) is 2. The third kappa shape index (κ3) is 3.56. The molecule has 10 nitrogen and oxygen atoms in total. The molecule has 4 aromatic rings. The average molecular weight is 463 g/mol. The van der Waals surface area contributed by atoms with Gasteiger partial charge in [-0.05, 0) is 25.1 Å². The number of aryl methyl sites for hydroxylation is 1. The van der Waals surface area contributed by atoms with Gasteiger partial charge in [0.2, 0.25) is 5.91 Å². The van der Waals surface area contributed by atoms with Crippen LogP contribution >= 0.6 is 11.6 Å². The Kier molecular flexibility index (Phi) is 4.98. The third-order valence-electron chi connectivity index (χ3n) is 5.77. The number of amides is 2. The molecule has 33 heavy (non-hydrogen) atoms. The molecular weight excluding hydrogens is 444 g/mol. The van der Waals surface area contributed by atoms with Crippen molar-refractivity contribution in [1.82, 2.24) is 34.9 Å². The summed E-state index contributed by atoms with van der Waals surface area (Å²) < 4.78 is 1.73. The number of carbonyl (C=O) groups excluding carboxylic acids is 2. The fourth-order valence-corrected chi connectivity index (χ4v) is 4.13. The second-order valence-corrected chi connectivity index (χ2v) is 8.49. The van der Waals surface area contributed by atoms with Crippen LogP contribution in [-0.4, -0.2) is 60.6 Å². The standard InChI is InChI=1S/C22H19ClN8O2/c1-11(22(33)31-9-12(6-24)10-31)27-21(32)15-7-25-20-19(15)28-16(8-26-20)18-14-5-13(23)3-4-17(14)30(2)29-18/h3-5,7-8,11-12H,9-10H2,1-2H3,(H,25,26)(H,27,32). The molecule has 3 aromatic heterocycles. The number of nitriles is 1. The van der Waals surface area contributed by atoms with Crippen LogP contribution < -0.4 is 5.32 Å². The zero-order chi connectivity index (χ0) is 23.3. The van der Waals surface area contributed by atoms with E-state index in [2.05, 4.69) is 31.4 Å². The third-order valence-corrected chi connectivity index (χ3v) is 6.01. The molecule has 0 aliphatic carbocycles. The maximum Gasteiger partial charge on any atom is 0.255 e. The first-order chi connectivity index (χ1) is 15.9. The Labute approximate surface area is 193 Å². The molecule has 0 radical (unpaired) electrons. The van der Waals surface area contributed by atoms with Gasteiger partial charge in [0.05, 0.1) is 29.3 Å². The Hall–Kier alpha value is -3.97. The largest absolute Gasteiger partial charge is 0.344 e. The molecule has 1 aliphatic rings. The Morgan fingerprint density at radius 1 is 1.36 bits per heavy atom. The van der Waals surface area contributed by atoms with Crippen molar-refractivity contribution >= 4 is 45.5 Å². The highest BCUT2D eigenvalue weighted by atomic mass is 35.5. The number of aromatic amines is 1. The number of H-pyrrole nitrogens is 1. The van der Waals surface area contributed by atoms with Gasteiger partial charge in [-0.2, -0.15) is 10.4 Å². The van der Waals surface area contributed by atoms with Gasteiger partial charge in [-0.1, -0.05) is 11.6 Å². The number of halogens is 1. The summed E-state index contributed by atoms with van der Waals surface area (Å²) in [6.45, 7) is 2.40. The molecule has 1 aromatic carbocycles. The average Bonchev–Trinajstić information content (AvgIpc) is 3.33. The monoisotopic (exact) mass is 462 g/mol. The highest BCUT2D eigenvalue weighted by molar-refractivity contribution is 6.31. The van der Waals surface area contributed by atoms with E-state index in [0.29, 0.717) is 40.7 Å². The summed E-state index contributed by atoms with van der Waals surface area (Å²) in [6.07, 6.45) is 3.11. The van der Waals surface area contributed by atoms with Crippen LogP contribution in [0.5, 0.6) is 0 Å². The Morgan fingerprint density at radius 3 is 2.91 bits per heavy atom. The summed E-state index contributed by atoms with van der Waals surface area (Å²) in [4.78, 5) is 39.0. The number of likely N-dealkylation sites (tertiary alicyclic amines) is 1. The fourth-order valence-electron chi connectivity index (χ4n) is 3.96. The van der Waals surface area contributed by atoms with Gasteiger partial charge in [-0.25, -0.2) is 9.97 Å². The maximum atomic E-state index is 12.9. The van der Waals surface area contributed by atoms with E-state index in [0.717, 1.165) is 10.9 Å². The summed E-state index contributed by atoms with van der Waals surface area (Å²) in [7, 11) is 1.83. The minimum absolute atomic E-state index is 0.142. The van der Waals surface area contributed by atoms with E-state index in [9.17, 15) is 9.59 Å². The molecule has 1 fully saturated rings. The zero-order valence-corrected chi connectivity index (χ0v) is 18.6. The zero-order valence-electron chi connectivity index (χ0n) is 17.8. The summed E-state index contributed by atoms with van der Waals surface area (Å²) in [5.74, 6) is -0.810. The van der Waals surface area contributed by atoms with Gasteiger partial charge in [0, 0.05) is 36.7 Å². The molecule has 2 N–H and O–H groups in total. The summed E-state index contributed by atoms with van der Waals surface area (Å²) in [6, 6.07) is 6.88. The number of aromatic nitrogens is 5. The first-order valence-electron chi connectivity index (χ1n) is 10.3. The molecule has 2 amide bonds. The number of nitrogens with one attached hydrogen (secondary N) is 2. The topological polar surface area (TPSA) is 133 Å². The van der Waals surface area contributed by atoms with Gasteiger partial charge in [0.1, 0.15) is 22.9 Å². The van der Waals surface area contributed by atoms with Crippen LogP contribution in [0.15, 0.2) is 30.6 Å². The molecule has 0 saturated carbocycles. The van der Waals surface area contributed by atoms with Crippen molar-refractivity contribution in [1.29, 1.82) is 5.26 Å². The number of hydrogen-bond acceptors (Lipinski definition) is 6. The molecule has 0 bridgehead atoms. The Balaban J connectivity index is 1.43. The van der Waals surface area contributed by atoms with Crippen molar-refractivity contribution in [3.8, 4) is 17.5 Å². The van der Waals surface area contributed by atoms with Crippen molar-refractivity contribution < 1.29 is 9.59 Å². The second-order valence-electron chi connectivity index (χ2n) is 8.05. The number of rotatable bonds is 4. The molecule has 1 aliphatic heterocycles. The van der Waals surface area contributed by atoms with Gasteiger partial charge in [0.25, 0.3) is 5.91 Å². The van der Waals surface area contributed by atoms with E-state index < -0.39 is 11.9 Å². The number of fused-ring (bicyclic) bond motifs is 2. The first kappa shape index (κ1) is 20.9. The highest BCUT2D eigenvalue weighted by Crippen LogP contribution is 2.29. The van der Waals surface area contributed by atoms with E-state index >= 15 is 0 Å². The van der Waals surface area contributed by atoms with Crippen LogP contribution in [-0.2, 0) is 11.8 Å². The van der Waals surface area contributed by atoms with Gasteiger partial charge in [-0.15, -0.1) is 0 Å². The SMILES string of the molecule is CC(NC(=O)c1c[nH]c2ncc(-c3nn(C)c4ccc(Cl)cc34)nc12)C(=O)N1CC(C#N)C1. The molecule has 0 spiro atoms. The number of carbonyl (C=O) groups is 2. The molecule has 166 valence electrons. The van der Waals surface area contributed by atoms with Crippen LogP contribution in [0.25, 0.3) is 33.5 Å². The lowest BCUT2D eigenvalue weighted by Crippen LogP contribution is -2.55.